The number of thiophene rings is 1. The molecular weight excluding hydrogens is 254 g/mol. The van der Waals surface area contributed by atoms with E-state index >= 15 is 0 Å². The van der Waals surface area contributed by atoms with E-state index in [1.165, 1.54) is 36.1 Å². The third-order valence-electron chi connectivity index (χ3n) is 4.12. The molecule has 0 atom stereocenters. The molecule has 106 valence electrons. The summed E-state index contributed by atoms with van der Waals surface area (Å²) in [5.41, 5.74) is 1.32. The van der Waals surface area contributed by atoms with Crippen molar-refractivity contribution in [2.45, 2.75) is 71.9 Å². The molecule has 1 fully saturated rings. The van der Waals surface area contributed by atoms with Crippen LogP contribution in [0.4, 0.5) is 0 Å². The van der Waals surface area contributed by atoms with Gasteiger partial charge < -0.3 is 4.90 Å². The first-order valence-electron chi connectivity index (χ1n) is 7.46. The number of amides is 1. The van der Waals surface area contributed by atoms with Crippen LogP contribution < -0.4 is 0 Å². The van der Waals surface area contributed by atoms with E-state index in [0.717, 1.165) is 11.3 Å². The minimum Gasteiger partial charge on any atom is -0.333 e. The second kappa shape index (κ2) is 6.08. The number of rotatable bonds is 4. The topological polar surface area (TPSA) is 20.3 Å². The van der Waals surface area contributed by atoms with Gasteiger partial charge in [0.15, 0.2) is 0 Å². The molecule has 1 saturated carbocycles. The molecule has 1 amide bonds. The summed E-state index contributed by atoms with van der Waals surface area (Å²) in [7, 11) is 0. The molecule has 1 aromatic heterocycles. The molecule has 1 aliphatic carbocycles. The normalized spacial score (nSPS) is 16.3. The van der Waals surface area contributed by atoms with Crippen LogP contribution in [0, 0.1) is 6.92 Å². The van der Waals surface area contributed by atoms with E-state index in [4.69, 9.17) is 0 Å². The van der Waals surface area contributed by atoms with E-state index in [1.54, 1.807) is 11.3 Å². The molecule has 3 heteroatoms. The summed E-state index contributed by atoms with van der Waals surface area (Å²) in [4.78, 5) is 17.1. The second-order valence-electron chi connectivity index (χ2n) is 5.79. The van der Waals surface area contributed by atoms with Crippen LogP contribution >= 0.6 is 11.3 Å². The monoisotopic (exact) mass is 279 g/mol. The van der Waals surface area contributed by atoms with E-state index in [9.17, 15) is 4.79 Å². The van der Waals surface area contributed by atoms with Crippen LogP contribution in [0.1, 0.15) is 66.6 Å². The van der Waals surface area contributed by atoms with Crippen molar-refractivity contribution >= 4 is 17.2 Å². The van der Waals surface area contributed by atoms with Crippen molar-refractivity contribution in [1.29, 1.82) is 0 Å². The van der Waals surface area contributed by atoms with Crippen molar-refractivity contribution in [3.63, 3.8) is 0 Å². The first kappa shape index (κ1) is 14.6. The van der Waals surface area contributed by atoms with Crippen LogP contribution in [0.3, 0.4) is 0 Å². The summed E-state index contributed by atoms with van der Waals surface area (Å²) in [6.45, 7) is 8.55. The van der Waals surface area contributed by atoms with E-state index < -0.39 is 0 Å². The number of carbonyl (C=O) groups excluding carboxylic acids is 1. The Morgan fingerprint density at radius 3 is 2.53 bits per heavy atom. The van der Waals surface area contributed by atoms with Crippen LogP contribution in [0.2, 0.25) is 0 Å². The molecule has 0 radical (unpaired) electrons. The highest BCUT2D eigenvalue weighted by atomic mass is 32.1. The molecule has 0 bridgehead atoms. The van der Waals surface area contributed by atoms with Crippen molar-refractivity contribution in [1.82, 2.24) is 4.90 Å². The average molecular weight is 279 g/mol. The molecule has 0 N–H and O–H groups in total. The quantitative estimate of drug-likeness (QED) is 0.799. The van der Waals surface area contributed by atoms with Crippen LogP contribution in [0.15, 0.2) is 6.07 Å². The lowest BCUT2D eigenvalue weighted by Gasteiger charge is -2.32. The van der Waals surface area contributed by atoms with Gasteiger partial charge in [-0.1, -0.05) is 19.8 Å². The van der Waals surface area contributed by atoms with E-state index in [1.807, 2.05) is 0 Å². The van der Waals surface area contributed by atoms with E-state index in [0.29, 0.717) is 12.1 Å². The fourth-order valence-electron chi connectivity index (χ4n) is 3.11. The Morgan fingerprint density at radius 2 is 2.05 bits per heavy atom. The summed E-state index contributed by atoms with van der Waals surface area (Å²) in [5, 5.41) is 0. The fourth-order valence-corrected chi connectivity index (χ4v) is 4.17. The van der Waals surface area contributed by atoms with E-state index in [2.05, 4.69) is 38.7 Å². The van der Waals surface area contributed by atoms with Crippen LogP contribution in [-0.4, -0.2) is 22.9 Å². The standard InChI is InChI=1S/C16H25NOS/c1-5-13-10-15(19-12(13)4)16(18)17(11(2)3)14-8-6-7-9-14/h10-11,14H,5-9H2,1-4H3. The van der Waals surface area contributed by atoms with Gasteiger partial charge in [0.1, 0.15) is 0 Å². The van der Waals surface area contributed by atoms with Gasteiger partial charge in [-0.15, -0.1) is 11.3 Å². The van der Waals surface area contributed by atoms with Crippen LogP contribution in [-0.2, 0) is 6.42 Å². The first-order chi connectivity index (χ1) is 9.04. The Bertz CT molecular complexity index is 444. The summed E-state index contributed by atoms with van der Waals surface area (Å²) >= 11 is 1.66. The molecule has 0 saturated heterocycles. The molecule has 0 aliphatic heterocycles. The largest absolute Gasteiger partial charge is 0.333 e. The minimum atomic E-state index is 0.245. The number of carbonyl (C=O) groups is 1. The predicted octanol–water partition coefficient (Wildman–Crippen LogP) is 4.41. The Hall–Kier alpha value is -0.830. The number of hydrogen-bond acceptors (Lipinski definition) is 2. The lowest BCUT2D eigenvalue weighted by molar-refractivity contribution is 0.0618. The maximum atomic E-state index is 12.8. The average Bonchev–Trinajstić information content (AvgIpc) is 2.98. The highest BCUT2D eigenvalue weighted by molar-refractivity contribution is 7.14. The lowest BCUT2D eigenvalue weighted by atomic mass is 10.1. The molecule has 19 heavy (non-hydrogen) atoms. The number of aryl methyl sites for hydroxylation is 2. The van der Waals surface area contributed by atoms with Crippen LogP contribution in [0.25, 0.3) is 0 Å². The predicted molar refractivity (Wildman–Crippen MR) is 82.0 cm³/mol. The van der Waals surface area contributed by atoms with Gasteiger partial charge in [-0.25, -0.2) is 0 Å². The van der Waals surface area contributed by atoms with Crippen molar-refractivity contribution in [3.05, 3.63) is 21.4 Å². The van der Waals surface area contributed by atoms with Crippen molar-refractivity contribution in [2.75, 3.05) is 0 Å². The smallest absolute Gasteiger partial charge is 0.264 e. The zero-order valence-corrected chi connectivity index (χ0v) is 13.3. The molecule has 0 unspecified atom stereocenters. The maximum absolute atomic E-state index is 12.8. The highest BCUT2D eigenvalue weighted by Gasteiger charge is 2.30. The lowest BCUT2D eigenvalue weighted by Crippen LogP contribution is -2.43. The number of nitrogens with zero attached hydrogens (tertiary/aromatic N) is 1. The second-order valence-corrected chi connectivity index (χ2v) is 7.05. The van der Waals surface area contributed by atoms with Crippen LogP contribution in [0.5, 0.6) is 0 Å². The molecule has 2 nitrogen and oxygen atoms in total. The molecule has 1 aromatic rings. The van der Waals surface area contributed by atoms with Crippen molar-refractivity contribution in [3.8, 4) is 0 Å². The zero-order valence-electron chi connectivity index (χ0n) is 12.5. The Kier molecular flexibility index (Phi) is 4.67. The first-order valence-corrected chi connectivity index (χ1v) is 8.28. The summed E-state index contributed by atoms with van der Waals surface area (Å²) in [6, 6.07) is 2.86. The molecule has 1 heterocycles. The van der Waals surface area contributed by atoms with Gasteiger partial charge in [0.2, 0.25) is 0 Å². The summed E-state index contributed by atoms with van der Waals surface area (Å²) in [5.74, 6) is 0.245. The fraction of sp³-hybridized carbons (Fsp3) is 0.688. The Balaban J connectivity index is 2.23. The van der Waals surface area contributed by atoms with Gasteiger partial charge in [0, 0.05) is 17.0 Å². The maximum Gasteiger partial charge on any atom is 0.264 e. The van der Waals surface area contributed by atoms with Gasteiger partial charge in [-0.3, -0.25) is 4.79 Å². The molecule has 0 aromatic carbocycles. The molecule has 0 spiro atoms. The molecular formula is C16H25NOS. The third-order valence-corrected chi connectivity index (χ3v) is 5.20. The summed E-state index contributed by atoms with van der Waals surface area (Å²) < 4.78 is 0. The van der Waals surface area contributed by atoms with Gasteiger partial charge >= 0.3 is 0 Å². The van der Waals surface area contributed by atoms with E-state index in [-0.39, 0.29) is 5.91 Å². The van der Waals surface area contributed by atoms with Gasteiger partial charge in [-0.2, -0.15) is 0 Å². The SMILES string of the molecule is CCc1cc(C(=O)N(C(C)C)C2CCCC2)sc1C. The zero-order chi connectivity index (χ0) is 14.0. The summed E-state index contributed by atoms with van der Waals surface area (Å²) in [6.07, 6.45) is 5.90. The number of hydrogen-bond donors (Lipinski definition) is 0. The minimum absolute atomic E-state index is 0.245. The van der Waals surface area contributed by atoms with Crippen molar-refractivity contribution < 1.29 is 4.79 Å². The third kappa shape index (κ3) is 3.02. The highest BCUT2D eigenvalue weighted by Crippen LogP contribution is 2.29. The Morgan fingerprint density at radius 1 is 1.42 bits per heavy atom. The Labute approximate surface area is 120 Å². The molecule has 1 aliphatic rings. The van der Waals surface area contributed by atoms with Gasteiger partial charge in [-0.05, 0) is 51.7 Å². The van der Waals surface area contributed by atoms with Gasteiger partial charge in [0.05, 0.1) is 4.88 Å². The molecule has 2 rings (SSSR count). The van der Waals surface area contributed by atoms with Gasteiger partial charge in [0.25, 0.3) is 5.91 Å². The van der Waals surface area contributed by atoms with Crippen molar-refractivity contribution in [2.24, 2.45) is 0 Å².